The van der Waals surface area contributed by atoms with Crippen molar-refractivity contribution in [2.75, 3.05) is 0 Å². The monoisotopic (exact) mass is 432 g/mol. The lowest BCUT2D eigenvalue weighted by molar-refractivity contribution is 1.70. The van der Waals surface area contributed by atoms with Crippen molar-refractivity contribution in [1.82, 2.24) is 0 Å². The molecule has 5 rings (SSSR count). The Morgan fingerprint density at radius 2 is 0.857 bits per heavy atom. The van der Waals surface area contributed by atoms with E-state index in [-0.39, 0.29) is 0 Å². The van der Waals surface area contributed by atoms with Gasteiger partial charge in [-0.05, 0) is 46.2 Å². The van der Waals surface area contributed by atoms with Crippen molar-refractivity contribution >= 4 is 56.0 Å². The molecule has 0 aliphatic carbocycles. The van der Waals surface area contributed by atoms with Gasteiger partial charge in [0, 0.05) is 29.3 Å². The van der Waals surface area contributed by atoms with Crippen molar-refractivity contribution in [2.24, 2.45) is 0 Å². The maximum absolute atomic E-state index is 2.26. The van der Waals surface area contributed by atoms with Crippen LogP contribution in [0.5, 0.6) is 0 Å². The molecule has 4 aromatic rings. The van der Waals surface area contributed by atoms with E-state index in [0.29, 0.717) is 0 Å². The zero-order valence-electron chi connectivity index (χ0n) is 14.9. The highest BCUT2D eigenvalue weighted by Crippen LogP contribution is 2.49. The van der Waals surface area contributed by atoms with Crippen molar-refractivity contribution in [3.8, 4) is 20.9 Å². The Morgan fingerprint density at radius 1 is 0.429 bits per heavy atom. The van der Waals surface area contributed by atoms with Gasteiger partial charge < -0.3 is 0 Å². The van der Waals surface area contributed by atoms with Gasteiger partial charge in [0.2, 0.25) is 0 Å². The Kier molecular flexibility index (Phi) is 5.28. The summed E-state index contributed by atoms with van der Waals surface area (Å²) in [6.07, 6.45) is 0. The standard InChI is InChI=1S/C24H16S4/c1-3-7-17(8-4-1)19-11-13-21(26-19)23-15-25-16-24(28-23)22-14-12-20(27-22)18-9-5-2-6-10-18/h1-16H. The summed E-state index contributed by atoms with van der Waals surface area (Å²) >= 11 is 7.39. The van der Waals surface area contributed by atoms with Crippen molar-refractivity contribution in [3.63, 3.8) is 0 Å². The SMILES string of the molecule is C1=C(c2ccc(-c3ccccc3)s2)SC(c2ccc(-c3ccccc3)s2)=CS1. The van der Waals surface area contributed by atoms with Gasteiger partial charge in [-0.25, -0.2) is 0 Å². The average Bonchev–Trinajstić information content (AvgIpc) is 3.46. The largest absolute Gasteiger partial charge is 0.135 e. The van der Waals surface area contributed by atoms with Crippen LogP contribution >= 0.6 is 46.2 Å². The zero-order chi connectivity index (χ0) is 18.8. The van der Waals surface area contributed by atoms with Crippen LogP contribution in [-0.2, 0) is 0 Å². The molecule has 0 N–H and O–H groups in total. The Bertz CT molecular complexity index is 1060. The second-order valence-corrected chi connectivity index (χ2v) is 10.3. The molecule has 0 bridgehead atoms. The molecule has 0 spiro atoms. The minimum atomic E-state index is 1.29. The summed E-state index contributed by atoms with van der Waals surface area (Å²) in [6, 6.07) is 30.2. The Labute approximate surface area is 181 Å². The fourth-order valence-electron chi connectivity index (χ4n) is 3.00. The topological polar surface area (TPSA) is 0 Å². The van der Waals surface area contributed by atoms with E-state index in [1.54, 1.807) is 11.8 Å². The van der Waals surface area contributed by atoms with E-state index in [4.69, 9.17) is 0 Å². The van der Waals surface area contributed by atoms with Gasteiger partial charge in [-0.15, -0.1) is 34.4 Å². The molecule has 2 aromatic heterocycles. The lowest BCUT2D eigenvalue weighted by atomic mass is 10.2. The quantitative estimate of drug-likeness (QED) is 0.316. The molecule has 28 heavy (non-hydrogen) atoms. The van der Waals surface area contributed by atoms with Crippen LogP contribution < -0.4 is 0 Å². The van der Waals surface area contributed by atoms with Crippen LogP contribution in [0.3, 0.4) is 0 Å². The lowest BCUT2D eigenvalue weighted by Crippen LogP contribution is -1.80. The van der Waals surface area contributed by atoms with Crippen molar-refractivity contribution in [1.29, 1.82) is 0 Å². The molecule has 0 saturated carbocycles. The van der Waals surface area contributed by atoms with E-state index in [1.165, 1.54) is 40.4 Å². The first-order valence-corrected chi connectivity index (χ1v) is 12.3. The smallest absolute Gasteiger partial charge is 0.0421 e. The molecule has 2 aromatic carbocycles. The second-order valence-electron chi connectivity index (χ2n) is 6.26. The molecule has 4 heteroatoms. The summed E-state index contributed by atoms with van der Waals surface area (Å²) in [5.74, 6) is 0. The van der Waals surface area contributed by atoms with Crippen LogP contribution in [0.1, 0.15) is 9.75 Å². The van der Waals surface area contributed by atoms with Crippen LogP contribution in [0.15, 0.2) is 95.7 Å². The van der Waals surface area contributed by atoms with Crippen LogP contribution in [0.4, 0.5) is 0 Å². The van der Waals surface area contributed by atoms with E-state index in [2.05, 4.69) is 95.7 Å². The molecule has 0 saturated heterocycles. The maximum atomic E-state index is 2.26. The van der Waals surface area contributed by atoms with Gasteiger partial charge >= 0.3 is 0 Å². The van der Waals surface area contributed by atoms with Gasteiger partial charge in [0.1, 0.15) is 0 Å². The fraction of sp³-hybridized carbons (Fsp3) is 0. The average molecular weight is 433 g/mol. The summed E-state index contributed by atoms with van der Waals surface area (Å²) < 4.78 is 0. The lowest BCUT2D eigenvalue weighted by Gasteiger charge is -2.12. The molecule has 0 fully saturated rings. The fourth-order valence-corrected chi connectivity index (χ4v) is 7.35. The van der Waals surface area contributed by atoms with Gasteiger partial charge in [-0.1, -0.05) is 72.4 Å². The molecule has 0 nitrogen and oxygen atoms in total. The molecule has 0 atom stereocenters. The first kappa shape index (κ1) is 18.1. The minimum Gasteiger partial charge on any atom is -0.135 e. The third kappa shape index (κ3) is 3.78. The van der Waals surface area contributed by atoms with Gasteiger partial charge in [-0.2, -0.15) is 0 Å². The summed E-state index contributed by atoms with van der Waals surface area (Å²) in [4.78, 5) is 7.98. The molecule has 3 heterocycles. The van der Waals surface area contributed by atoms with E-state index in [9.17, 15) is 0 Å². The van der Waals surface area contributed by atoms with Crippen molar-refractivity contribution < 1.29 is 0 Å². The third-order valence-corrected chi connectivity index (χ3v) is 9.14. The normalized spacial score (nSPS) is 13.9. The predicted molar refractivity (Wildman–Crippen MR) is 131 cm³/mol. The highest BCUT2D eigenvalue weighted by atomic mass is 32.2. The number of rotatable bonds is 4. The van der Waals surface area contributed by atoms with E-state index in [0.717, 1.165) is 0 Å². The first-order valence-electron chi connectivity index (χ1n) is 8.92. The molecule has 0 amide bonds. The predicted octanol–water partition coefficient (Wildman–Crippen LogP) is 8.92. The van der Waals surface area contributed by atoms with Gasteiger partial charge in [0.05, 0.1) is 0 Å². The van der Waals surface area contributed by atoms with Crippen LogP contribution in [0, 0.1) is 0 Å². The van der Waals surface area contributed by atoms with Crippen LogP contribution in [-0.4, -0.2) is 0 Å². The highest BCUT2D eigenvalue weighted by molar-refractivity contribution is 8.20. The Morgan fingerprint density at radius 3 is 1.32 bits per heavy atom. The van der Waals surface area contributed by atoms with Gasteiger partial charge in [0.25, 0.3) is 0 Å². The van der Waals surface area contributed by atoms with Crippen molar-refractivity contribution in [3.05, 3.63) is 105 Å². The van der Waals surface area contributed by atoms with E-state index in [1.807, 2.05) is 34.4 Å². The Hall–Kier alpha value is -1.98. The third-order valence-electron chi connectivity index (χ3n) is 4.38. The zero-order valence-corrected chi connectivity index (χ0v) is 18.1. The molecule has 1 aliphatic heterocycles. The van der Waals surface area contributed by atoms with Crippen LogP contribution in [0.2, 0.25) is 0 Å². The summed E-state index contributed by atoms with van der Waals surface area (Å²) in [5, 5.41) is 4.53. The van der Waals surface area contributed by atoms with E-state index < -0.39 is 0 Å². The molecule has 136 valence electrons. The molecule has 0 unspecified atom stereocenters. The highest BCUT2D eigenvalue weighted by Gasteiger charge is 2.16. The van der Waals surface area contributed by atoms with Crippen molar-refractivity contribution in [2.45, 2.75) is 0 Å². The maximum Gasteiger partial charge on any atom is 0.0421 e. The summed E-state index contributed by atoms with van der Waals surface area (Å²) in [6.45, 7) is 0. The number of hydrogen-bond donors (Lipinski definition) is 0. The number of hydrogen-bond acceptors (Lipinski definition) is 4. The molecular weight excluding hydrogens is 417 g/mol. The summed E-state index contributed by atoms with van der Waals surface area (Å²) in [7, 11) is 0. The number of benzene rings is 2. The number of thiophene rings is 2. The number of thioether (sulfide) groups is 2. The van der Waals surface area contributed by atoms with Gasteiger partial charge in [0.15, 0.2) is 0 Å². The minimum absolute atomic E-state index is 1.29. The van der Waals surface area contributed by atoms with Gasteiger partial charge in [-0.3, -0.25) is 0 Å². The Balaban J connectivity index is 1.36. The summed E-state index contributed by atoms with van der Waals surface area (Å²) in [5.41, 5.74) is 2.57. The van der Waals surface area contributed by atoms with Crippen LogP contribution in [0.25, 0.3) is 30.7 Å². The van der Waals surface area contributed by atoms with E-state index >= 15 is 0 Å². The molecule has 1 aliphatic rings. The second kappa shape index (κ2) is 8.18. The first-order chi connectivity index (χ1) is 13.9. The molecule has 0 radical (unpaired) electrons. The molecular formula is C24H16S4.